The van der Waals surface area contributed by atoms with Crippen LogP contribution in [0.3, 0.4) is 0 Å². The largest absolute Gasteiger partial charge is 0.497 e. The van der Waals surface area contributed by atoms with Gasteiger partial charge in [-0.1, -0.05) is 6.07 Å². The quantitative estimate of drug-likeness (QED) is 0.347. The first-order valence-electron chi connectivity index (χ1n) is 9.44. The summed E-state index contributed by atoms with van der Waals surface area (Å²) in [5.41, 5.74) is 8.64. The summed E-state index contributed by atoms with van der Waals surface area (Å²) in [5.74, 6) is 0.959. The summed E-state index contributed by atoms with van der Waals surface area (Å²) in [6.07, 6.45) is 4.46. The van der Waals surface area contributed by atoms with Crippen molar-refractivity contribution in [1.82, 2.24) is 24.3 Å². The molecular formula is C21H19ClN6O3. The molecule has 158 valence electrons. The molecule has 31 heavy (non-hydrogen) atoms. The fraction of sp³-hybridized carbons (Fsp3) is 0.190. The predicted molar refractivity (Wildman–Crippen MR) is 117 cm³/mol. The molecule has 10 heteroatoms. The monoisotopic (exact) mass is 438 g/mol. The average Bonchev–Trinajstić information content (AvgIpc) is 3.15. The van der Waals surface area contributed by atoms with Gasteiger partial charge in [0.15, 0.2) is 11.9 Å². The molecule has 0 aliphatic heterocycles. The molecule has 0 amide bonds. The number of nitrogens with two attached hydrogens (primary N) is 1. The van der Waals surface area contributed by atoms with Gasteiger partial charge in [0.05, 0.1) is 25.2 Å². The highest BCUT2D eigenvalue weighted by Gasteiger charge is 2.12. The first kappa shape index (κ1) is 20.5. The highest BCUT2D eigenvalue weighted by molar-refractivity contribution is 6.28. The minimum atomic E-state index is -0.161. The first-order chi connectivity index (χ1) is 15.0. The molecule has 4 rings (SSSR count). The minimum Gasteiger partial charge on any atom is -0.497 e. The van der Waals surface area contributed by atoms with Crippen LogP contribution in [-0.2, 0) is 19.5 Å². The third kappa shape index (κ3) is 4.41. The Morgan fingerprint density at radius 2 is 2.00 bits per heavy atom. The van der Waals surface area contributed by atoms with Crippen LogP contribution >= 0.6 is 11.6 Å². The van der Waals surface area contributed by atoms with Crippen molar-refractivity contribution in [2.75, 3.05) is 12.8 Å². The Bertz CT molecular complexity index is 1330. The minimum absolute atomic E-state index is 0.0566. The second kappa shape index (κ2) is 8.57. The Hall–Kier alpha value is -3.72. The van der Waals surface area contributed by atoms with Gasteiger partial charge < -0.3 is 15.0 Å². The molecule has 4 aromatic rings. The van der Waals surface area contributed by atoms with E-state index in [-0.39, 0.29) is 16.7 Å². The lowest BCUT2D eigenvalue weighted by atomic mass is 10.1. The van der Waals surface area contributed by atoms with Gasteiger partial charge in [0.25, 0.3) is 5.56 Å². The molecule has 3 aromatic heterocycles. The normalized spacial score (nSPS) is 11.0. The molecule has 0 saturated heterocycles. The second-order valence-electron chi connectivity index (χ2n) is 6.97. The molecule has 0 radical (unpaired) electrons. The molecule has 0 aliphatic carbocycles. The number of carbonyl (C=O) groups excluding carboxylic acids is 1. The number of aryl methyl sites for hydroxylation is 2. The number of anilines is 1. The molecule has 0 unspecified atom stereocenters. The number of pyridine rings is 1. The SMILES string of the molecule is COc1cc(CCn2cc(C=O)ccc2=O)cc(Cn2ncc3c(N)nc(Cl)nc32)c1. The highest BCUT2D eigenvalue weighted by atomic mass is 35.5. The van der Waals surface area contributed by atoms with Gasteiger partial charge in [0.2, 0.25) is 5.28 Å². The molecule has 0 spiro atoms. The maximum atomic E-state index is 12.1. The lowest BCUT2D eigenvalue weighted by Crippen LogP contribution is -2.20. The molecule has 0 atom stereocenters. The van der Waals surface area contributed by atoms with Crippen LogP contribution in [0.2, 0.25) is 5.28 Å². The van der Waals surface area contributed by atoms with Crippen molar-refractivity contribution in [3.05, 3.63) is 75.1 Å². The maximum absolute atomic E-state index is 12.1. The molecule has 0 bridgehead atoms. The number of aromatic nitrogens is 5. The molecule has 0 aliphatic rings. The molecule has 2 N–H and O–H groups in total. The third-order valence-electron chi connectivity index (χ3n) is 4.88. The summed E-state index contributed by atoms with van der Waals surface area (Å²) in [4.78, 5) is 31.2. The van der Waals surface area contributed by atoms with Crippen LogP contribution in [0.1, 0.15) is 21.5 Å². The van der Waals surface area contributed by atoms with Gasteiger partial charge in [-0.25, -0.2) is 9.67 Å². The number of halogens is 1. The van der Waals surface area contributed by atoms with Crippen LogP contribution in [0.5, 0.6) is 5.75 Å². The van der Waals surface area contributed by atoms with Crippen LogP contribution in [0, 0.1) is 0 Å². The van der Waals surface area contributed by atoms with Crippen molar-refractivity contribution in [2.45, 2.75) is 19.5 Å². The summed E-state index contributed by atoms with van der Waals surface area (Å²) >= 11 is 5.95. The number of nitrogen functional groups attached to an aromatic ring is 1. The van der Waals surface area contributed by atoms with Crippen LogP contribution in [0.4, 0.5) is 5.82 Å². The fourth-order valence-electron chi connectivity index (χ4n) is 3.36. The van der Waals surface area contributed by atoms with Crippen molar-refractivity contribution >= 4 is 34.7 Å². The summed E-state index contributed by atoms with van der Waals surface area (Å²) in [6.45, 7) is 0.845. The van der Waals surface area contributed by atoms with Crippen LogP contribution in [-0.4, -0.2) is 37.7 Å². The van der Waals surface area contributed by atoms with Gasteiger partial charge in [-0.15, -0.1) is 0 Å². The molecule has 0 fully saturated rings. The van der Waals surface area contributed by atoms with Gasteiger partial charge in [-0.2, -0.15) is 10.1 Å². The van der Waals surface area contributed by atoms with Crippen molar-refractivity contribution in [3.63, 3.8) is 0 Å². The first-order valence-corrected chi connectivity index (χ1v) is 9.81. The van der Waals surface area contributed by atoms with E-state index in [1.54, 1.807) is 24.2 Å². The number of rotatable bonds is 7. The number of aldehydes is 1. The Balaban J connectivity index is 1.61. The summed E-state index contributed by atoms with van der Waals surface area (Å²) in [5, 5.41) is 5.04. The zero-order valence-electron chi connectivity index (χ0n) is 16.7. The molecule has 3 heterocycles. The lowest BCUT2D eigenvalue weighted by Gasteiger charge is -2.11. The number of fused-ring (bicyclic) bond motifs is 1. The lowest BCUT2D eigenvalue weighted by molar-refractivity contribution is 0.112. The highest BCUT2D eigenvalue weighted by Crippen LogP contribution is 2.22. The maximum Gasteiger partial charge on any atom is 0.250 e. The Labute approximate surface area is 182 Å². The molecular weight excluding hydrogens is 420 g/mol. The summed E-state index contributed by atoms with van der Waals surface area (Å²) < 4.78 is 8.65. The Kier molecular flexibility index (Phi) is 5.68. The number of ether oxygens (including phenoxy) is 1. The Morgan fingerprint density at radius 1 is 1.19 bits per heavy atom. The van der Waals surface area contributed by atoms with E-state index in [1.165, 1.54) is 16.7 Å². The zero-order chi connectivity index (χ0) is 22.0. The number of hydrogen-bond acceptors (Lipinski definition) is 7. The van der Waals surface area contributed by atoms with Crippen LogP contribution < -0.4 is 16.0 Å². The van der Waals surface area contributed by atoms with Crippen molar-refractivity contribution in [3.8, 4) is 5.75 Å². The van der Waals surface area contributed by atoms with E-state index >= 15 is 0 Å². The zero-order valence-corrected chi connectivity index (χ0v) is 17.4. The molecule has 0 saturated carbocycles. The van der Waals surface area contributed by atoms with Gasteiger partial charge in [0.1, 0.15) is 11.6 Å². The molecule has 9 nitrogen and oxygen atoms in total. The number of methoxy groups -OCH3 is 1. The van der Waals surface area contributed by atoms with Crippen LogP contribution in [0.15, 0.2) is 47.5 Å². The van der Waals surface area contributed by atoms with E-state index < -0.39 is 0 Å². The average molecular weight is 439 g/mol. The van der Waals surface area contributed by atoms with Gasteiger partial charge in [-0.05, 0) is 47.3 Å². The van der Waals surface area contributed by atoms with Crippen molar-refractivity contribution in [1.29, 1.82) is 0 Å². The predicted octanol–water partition coefficient (Wildman–Crippen LogP) is 2.34. The topological polar surface area (TPSA) is 118 Å². The summed E-state index contributed by atoms with van der Waals surface area (Å²) in [7, 11) is 1.60. The third-order valence-corrected chi connectivity index (χ3v) is 5.05. The standard InChI is InChI=1S/C21H19ClN6O3/c1-31-16-7-13(4-5-27-10-14(12-29)2-3-18(27)30)6-15(8-16)11-28-20-17(9-24-28)19(23)25-21(22)26-20/h2-3,6-10,12H,4-5,11H2,1H3,(H2,23,25,26). The van der Waals surface area contributed by atoms with Gasteiger partial charge in [-0.3, -0.25) is 9.59 Å². The van der Waals surface area contributed by atoms with E-state index in [4.69, 9.17) is 22.1 Å². The van der Waals surface area contributed by atoms with Gasteiger partial charge >= 0.3 is 0 Å². The Morgan fingerprint density at radius 3 is 2.77 bits per heavy atom. The van der Waals surface area contributed by atoms with E-state index in [0.717, 1.165) is 17.4 Å². The fourth-order valence-corrected chi connectivity index (χ4v) is 3.54. The van der Waals surface area contributed by atoms with Gasteiger partial charge in [0, 0.05) is 24.4 Å². The van der Waals surface area contributed by atoms with E-state index in [9.17, 15) is 9.59 Å². The summed E-state index contributed by atoms with van der Waals surface area (Å²) in [6, 6.07) is 8.73. The van der Waals surface area contributed by atoms with E-state index in [1.807, 2.05) is 18.2 Å². The number of hydrogen-bond donors (Lipinski definition) is 1. The number of nitrogens with zero attached hydrogens (tertiary/aromatic N) is 5. The smallest absolute Gasteiger partial charge is 0.250 e. The number of benzene rings is 1. The second-order valence-corrected chi connectivity index (χ2v) is 7.31. The van der Waals surface area contributed by atoms with Crippen molar-refractivity contribution in [2.24, 2.45) is 0 Å². The number of carbonyl (C=O) groups is 1. The van der Waals surface area contributed by atoms with E-state index in [2.05, 4.69) is 15.1 Å². The van der Waals surface area contributed by atoms with E-state index in [0.29, 0.717) is 41.9 Å². The van der Waals surface area contributed by atoms with Crippen molar-refractivity contribution < 1.29 is 9.53 Å². The molecule has 1 aromatic carbocycles. The van der Waals surface area contributed by atoms with Crippen LogP contribution in [0.25, 0.3) is 11.0 Å².